The molecule has 0 heteroatoms. The summed E-state index contributed by atoms with van der Waals surface area (Å²) in [6.45, 7) is 11.9. The van der Waals surface area contributed by atoms with E-state index in [1.54, 1.807) is 6.08 Å². The zero-order valence-electron chi connectivity index (χ0n) is 8.88. The van der Waals surface area contributed by atoms with Gasteiger partial charge in [0.05, 0.1) is 0 Å². The minimum Gasteiger partial charge on any atom is -0.0985 e. The summed E-state index contributed by atoms with van der Waals surface area (Å²) in [7, 11) is 0. The van der Waals surface area contributed by atoms with E-state index in [1.165, 1.54) is 11.1 Å². The normalized spacial score (nSPS) is 11.1. The third-order valence-electron chi connectivity index (χ3n) is 2.38. The Morgan fingerprint density at radius 3 is 2.29 bits per heavy atom. The Morgan fingerprint density at radius 1 is 1.21 bits per heavy atom. The van der Waals surface area contributed by atoms with E-state index < -0.39 is 0 Å². The zero-order valence-corrected chi connectivity index (χ0v) is 8.88. The second-order valence-corrected chi connectivity index (χ2v) is 3.25. The number of hydrogen-bond acceptors (Lipinski definition) is 0. The molecule has 0 fully saturated rings. The Hall–Kier alpha value is -1.56. The van der Waals surface area contributed by atoms with Gasteiger partial charge in [-0.25, -0.2) is 0 Å². The van der Waals surface area contributed by atoms with Gasteiger partial charge in [-0.05, 0) is 36.1 Å². The Morgan fingerprint density at radius 2 is 1.79 bits per heavy atom. The minimum absolute atomic E-state index is 0.974. The van der Waals surface area contributed by atoms with E-state index >= 15 is 0 Å². The molecule has 1 aromatic rings. The molecule has 0 atom stereocenters. The van der Waals surface area contributed by atoms with Gasteiger partial charge in [-0.15, -0.1) is 0 Å². The van der Waals surface area contributed by atoms with Crippen LogP contribution in [0, 0.1) is 0 Å². The molecule has 0 spiro atoms. The van der Waals surface area contributed by atoms with Crippen LogP contribution in [0.2, 0.25) is 0 Å². The number of benzene rings is 1. The molecular formula is C14H16. The van der Waals surface area contributed by atoms with Crippen molar-refractivity contribution in [1.29, 1.82) is 0 Å². The Labute approximate surface area is 86.3 Å². The number of rotatable bonds is 3. The van der Waals surface area contributed by atoms with Gasteiger partial charge in [-0.3, -0.25) is 0 Å². The highest BCUT2D eigenvalue weighted by Gasteiger charge is 2.03. The van der Waals surface area contributed by atoms with Crippen LogP contribution in [0.25, 0.3) is 11.1 Å². The summed E-state index contributed by atoms with van der Waals surface area (Å²) in [6.07, 6.45) is 3.90. The van der Waals surface area contributed by atoms with Crippen molar-refractivity contribution in [3.05, 3.63) is 60.7 Å². The van der Waals surface area contributed by atoms with Crippen LogP contribution >= 0.6 is 0 Å². The Balaban J connectivity index is 3.29. The summed E-state index contributed by atoms with van der Waals surface area (Å²) in [5, 5.41) is 0. The van der Waals surface area contributed by atoms with Crippen molar-refractivity contribution < 1.29 is 0 Å². The monoisotopic (exact) mass is 184 g/mol. The van der Waals surface area contributed by atoms with Crippen LogP contribution in [0.15, 0.2) is 49.6 Å². The predicted molar refractivity (Wildman–Crippen MR) is 65.0 cm³/mol. The molecular weight excluding hydrogens is 168 g/mol. The van der Waals surface area contributed by atoms with Crippen molar-refractivity contribution in [3.8, 4) is 0 Å². The molecule has 1 aromatic carbocycles. The van der Waals surface area contributed by atoms with Gasteiger partial charge in [0.25, 0.3) is 0 Å². The first-order valence-corrected chi connectivity index (χ1v) is 4.74. The lowest BCUT2D eigenvalue weighted by Crippen LogP contribution is -1.88. The van der Waals surface area contributed by atoms with Crippen LogP contribution in [-0.4, -0.2) is 0 Å². The van der Waals surface area contributed by atoms with Crippen LogP contribution < -0.4 is 0 Å². The molecule has 0 bridgehead atoms. The van der Waals surface area contributed by atoms with Crippen LogP contribution in [-0.2, 0) is 0 Å². The van der Waals surface area contributed by atoms with Gasteiger partial charge in [0.2, 0.25) is 0 Å². The number of hydrogen-bond donors (Lipinski definition) is 0. The summed E-state index contributed by atoms with van der Waals surface area (Å²) in [5.74, 6) is 0. The smallest absolute Gasteiger partial charge is 0.0115 e. The largest absolute Gasteiger partial charge is 0.0985 e. The third kappa shape index (κ3) is 2.02. The molecule has 0 saturated carbocycles. The van der Waals surface area contributed by atoms with Crippen molar-refractivity contribution in [2.24, 2.45) is 0 Å². The fourth-order valence-electron chi connectivity index (χ4n) is 1.37. The lowest BCUT2D eigenvalue weighted by Gasteiger charge is -2.09. The Bertz CT molecular complexity index is 360. The molecule has 0 nitrogen and oxygen atoms in total. The van der Waals surface area contributed by atoms with E-state index in [9.17, 15) is 0 Å². The van der Waals surface area contributed by atoms with Crippen molar-refractivity contribution in [2.45, 2.75) is 13.8 Å². The molecule has 0 amide bonds. The molecule has 0 unspecified atom stereocenters. The van der Waals surface area contributed by atoms with Gasteiger partial charge in [0.1, 0.15) is 0 Å². The second-order valence-electron chi connectivity index (χ2n) is 3.25. The van der Waals surface area contributed by atoms with Crippen molar-refractivity contribution >= 4 is 11.1 Å². The molecule has 0 radical (unpaired) electrons. The first kappa shape index (κ1) is 10.5. The summed E-state index contributed by atoms with van der Waals surface area (Å²) in [6, 6.07) is 8.25. The van der Waals surface area contributed by atoms with Gasteiger partial charge in [0.15, 0.2) is 0 Å². The van der Waals surface area contributed by atoms with Gasteiger partial charge in [-0.2, -0.15) is 0 Å². The van der Waals surface area contributed by atoms with Crippen LogP contribution in [0.1, 0.15) is 25.0 Å². The van der Waals surface area contributed by atoms with E-state index in [4.69, 9.17) is 0 Å². The topological polar surface area (TPSA) is 0 Å². The highest BCUT2D eigenvalue weighted by molar-refractivity contribution is 5.81. The molecule has 0 aliphatic heterocycles. The third-order valence-corrected chi connectivity index (χ3v) is 2.38. The summed E-state index contributed by atoms with van der Waals surface area (Å²) in [5.41, 5.74) is 4.64. The lowest BCUT2D eigenvalue weighted by molar-refractivity contribution is 1.50. The lowest BCUT2D eigenvalue weighted by atomic mass is 9.96. The fraction of sp³-hybridized carbons (Fsp3) is 0.143. The van der Waals surface area contributed by atoms with E-state index in [0.717, 1.165) is 11.1 Å². The average Bonchev–Trinajstić information content (AvgIpc) is 2.27. The summed E-state index contributed by atoms with van der Waals surface area (Å²) < 4.78 is 0. The number of allylic oxidation sites excluding steroid dienone is 4. The maximum atomic E-state index is 3.98. The molecule has 0 aromatic heterocycles. The first-order chi connectivity index (χ1) is 6.70. The van der Waals surface area contributed by atoms with Crippen LogP contribution in [0.3, 0.4) is 0 Å². The maximum Gasteiger partial charge on any atom is -0.0115 e. The van der Waals surface area contributed by atoms with Crippen LogP contribution in [0.5, 0.6) is 0 Å². The highest BCUT2D eigenvalue weighted by Crippen LogP contribution is 2.24. The predicted octanol–water partition coefficient (Wildman–Crippen LogP) is 4.31. The van der Waals surface area contributed by atoms with Crippen molar-refractivity contribution in [3.63, 3.8) is 0 Å². The molecule has 14 heavy (non-hydrogen) atoms. The van der Waals surface area contributed by atoms with Crippen LogP contribution in [0.4, 0.5) is 0 Å². The van der Waals surface area contributed by atoms with Gasteiger partial charge < -0.3 is 0 Å². The molecule has 72 valence electrons. The van der Waals surface area contributed by atoms with E-state index in [1.807, 2.05) is 19.1 Å². The first-order valence-electron chi connectivity index (χ1n) is 4.74. The molecule has 0 aliphatic rings. The molecule has 0 saturated heterocycles. The van der Waals surface area contributed by atoms with E-state index in [-0.39, 0.29) is 0 Å². The fourth-order valence-corrected chi connectivity index (χ4v) is 1.37. The minimum atomic E-state index is 0.974. The van der Waals surface area contributed by atoms with E-state index in [0.29, 0.717) is 0 Å². The molecule has 0 heterocycles. The Kier molecular flexibility index (Phi) is 3.47. The SMILES string of the molecule is C=CC(=C)c1ccccc1C(C)=CC. The summed E-state index contributed by atoms with van der Waals surface area (Å²) >= 11 is 0. The standard InChI is InChI=1S/C14H16/c1-5-11(3)13-9-7-8-10-14(13)12(4)6-2/h5-10H,1,3H2,2,4H3. The van der Waals surface area contributed by atoms with Crippen molar-refractivity contribution in [2.75, 3.05) is 0 Å². The zero-order chi connectivity index (χ0) is 10.6. The van der Waals surface area contributed by atoms with Gasteiger partial charge >= 0.3 is 0 Å². The molecule has 0 N–H and O–H groups in total. The summed E-state index contributed by atoms with van der Waals surface area (Å²) in [4.78, 5) is 0. The van der Waals surface area contributed by atoms with E-state index in [2.05, 4.69) is 38.3 Å². The average molecular weight is 184 g/mol. The van der Waals surface area contributed by atoms with Crippen molar-refractivity contribution in [1.82, 2.24) is 0 Å². The second kappa shape index (κ2) is 4.61. The maximum absolute atomic E-state index is 3.98. The van der Waals surface area contributed by atoms with Gasteiger partial charge in [-0.1, -0.05) is 49.6 Å². The quantitative estimate of drug-likeness (QED) is 0.614. The molecule has 0 aliphatic carbocycles. The molecule has 1 rings (SSSR count). The van der Waals surface area contributed by atoms with Gasteiger partial charge in [0, 0.05) is 0 Å². The highest BCUT2D eigenvalue weighted by atomic mass is 14.1.